The molecule has 9 nitrogen and oxygen atoms in total. The molecule has 5 N–H and O–H groups in total. The van der Waals surface area contributed by atoms with E-state index in [9.17, 15) is 24.9 Å². The largest absolute Gasteiger partial charge is 0.458 e. The van der Waals surface area contributed by atoms with E-state index in [0.717, 1.165) is 76.2 Å². The predicted molar refractivity (Wildman–Crippen MR) is 210 cm³/mol. The molecule has 1 unspecified atom stereocenters. The Bertz CT molecular complexity index is 1660. The Morgan fingerprint density at radius 1 is 0.964 bits per heavy atom. The highest BCUT2D eigenvalue weighted by Crippen LogP contribution is 2.78. The lowest BCUT2D eigenvalue weighted by molar-refractivity contribution is -0.384. The second-order valence-electron chi connectivity index (χ2n) is 19.6. The number of aryl methyl sites for hydroxylation is 1. The number of carbonyl (C=O) groups excluding carboxylic acids is 2. The van der Waals surface area contributed by atoms with E-state index < -0.39 is 45.2 Å². The molecule has 0 aromatic heterocycles. The average molecular weight is 759 g/mol. The van der Waals surface area contributed by atoms with Gasteiger partial charge in [0.05, 0.1) is 28.6 Å². The van der Waals surface area contributed by atoms with Gasteiger partial charge < -0.3 is 24.8 Å². The number of cyclic esters (lactones) is 1. The van der Waals surface area contributed by atoms with E-state index in [2.05, 4.69) is 49.0 Å². The van der Waals surface area contributed by atoms with Gasteiger partial charge in [-0.05, 0) is 105 Å². The molecule has 302 valence electrons. The molecule has 4 saturated carbocycles. The molecule has 2 aliphatic heterocycles. The number of benzene rings is 1. The van der Waals surface area contributed by atoms with Crippen molar-refractivity contribution in [1.82, 2.24) is 10.9 Å². The Kier molecular flexibility index (Phi) is 10.5. The van der Waals surface area contributed by atoms with E-state index in [-0.39, 0.29) is 49.3 Å². The topological polar surface area (TPSA) is 137 Å². The van der Waals surface area contributed by atoms with E-state index in [4.69, 9.17) is 9.47 Å². The van der Waals surface area contributed by atoms with E-state index in [1.807, 2.05) is 25.1 Å². The van der Waals surface area contributed by atoms with Crippen molar-refractivity contribution >= 4 is 11.9 Å². The van der Waals surface area contributed by atoms with Gasteiger partial charge in [-0.3, -0.25) is 10.2 Å². The van der Waals surface area contributed by atoms with Gasteiger partial charge in [0.2, 0.25) is 0 Å². The van der Waals surface area contributed by atoms with E-state index >= 15 is 0 Å². The number of hydrogen-bond donors (Lipinski definition) is 5. The van der Waals surface area contributed by atoms with Gasteiger partial charge in [0.25, 0.3) is 0 Å². The van der Waals surface area contributed by atoms with Crippen LogP contribution in [0, 0.1) is 39.9 Å². The van der Waals surface area contributed by atoms with Gasteiger partial charge in [0.1, 0.15) is 6.61 Å². The zero-order valence-corrected chi connectivity index (χ0v) is 33.5. The van der Waals surface area contributed by atoms with Crippen LogP contribution in [-0.2, 0) is 25.5 Å². The Morgan fingerprint density at radius 3 is 2.49 bits per heavy atom. The molecule has 1 aromatic carbocycles. The van der Waals surface area contributed by atoms with Gasteiger partial charge in [0.15, 0.2) is 5.72 Å². The maximum Gasteiger partial charge on any atom is 0.331 e. The van der Waals surface area contributed by atoms with Crippen LogP contribution in [0.3, 0.4) is 0 Å². The minimum absolute atomic E-state index is 0.131. The quantitative estimate of drug-likeness (QED) is 0.113. The number of fused-ring (bicyclic) bond motifs is 3. The molecule has 5 aliphatic carbocycles. The smallest absolute Gasteiger partial charge is 0.331 e. The molecule has 1 aromatic rings. The van der Waals surface area contributed by atoms with Crippen LogP contribution in [0.25, 0.3) is 0 Å². The van der Waals surface area contributed by atoms with Gasteiger partial charge in [0, 0.05) is 29.9 Å². The van der Waals surface area contributed by atoms with Crippen molar-refractivity contribution in [2.24, 2.45) is 39.9 Å². The van der Waals surface area contributed by atoms with Crippen LogP contribution in [0.15, 0.2) is 54.1 Å². The molecular formula is C46H66N2O7. The first-order chi connectivity index (χ1) is 26.3. The number of hydrogen-bond acceptors (Lipinski definition) is 9. The number of aliphatic hydroxyl groups is 3. The van der Waals surface area contributed by atoms with Crippen molar-refractivity contribution in [3.8, 4) is 0 Å². The fourth-order valence-corrected chi connectivity index (χ4v) is 13.7. The van der Waals surface area contributed by atoms with Crippen molar-refractivity contribution in [3.63, 3.8) is 0 Å². The molecule has 0 amide bonds. The van der Waals surface area contributed by atoms with Gasteiger partial charge in [-0.25, -0.2) is 10.2 Å². The van der Waals surface area contributed by atoms with Crippen molar-refractivity contribution in [2.45, 2.75) is 165 Å². The predicted octanol–water partition coefficient (Wildman–Crippen LogP) is 6.99. The van der Waals surface area contributed by atoms with Crippen LogP contribution < -0.4 is 10.9 Å². The number of hydrazine groups is 1. The van der Waals surface area contributed by atoms with Crippen LogP contribution in [0.2, 0.25) is 0 Å². The molecule has 11 atom stereocenters. The summed E-state index contributed by atoms with van der Waals surface area (Å²) >= 11 is 0. The van der Waals surface area contributed by atoms with Crippen LogP contribution in [0.1, 0.15) is 135 Å². The first-order valence-corrected chi connectivity index (χ1v) is 21.8. The number of rotatable bonds is 12. The summed E-state index contributed by atoms with van der Waals surface area (Å²) in [5.74, 6) is -0.927. The summed E-state index contributed by atoms with van der Waals surface area (Å²) in [7, 11) is 0. The number of ether oxygens (including phenoxy) is 2. The molecule has 0 radical (unpaired) electrons. The normalized spacial score (nSPS) is 42.8. The Hall–Kier alpha value is -2.56. The third-order valence-electron chi connectivity index (χ3n) is 16.4. The molecule has 1 saturated heterocycles. The third kappa shape index (κ3) is 6.29. The highest BCUT2D eigenvalue weighted by molar-refractivity contribution is 5.85. The van der Waals surface area contributed by atoms with Crippen LogP contribution in [0.5, 0.6) is 0 Å². The fourth-order valence-electron chi connectivity index (χ4n) is 13.7. The average Bonchev–Trinajstić information content (AvgIpc) is 3.82. The van der Waals surface area contributed by atoms with Crippen molar-refractivity contribution in [2.75, 3.05) is 6.61 Å². The summed E-state index contributed by atoms with van der Waals surface area (Å²) < 4.78 is 12.4. The third-order valence-corrected chi connectivity index (χ3v) is 16.4. The van der Waals surface area contributed by atoms with Gasteiger partial charge in [-0.2, -0.15) is 0 Å². The van der Waals surface area contributed by atoms with Crippen molar-refractivity contribution in [1.29, 1.82) is 0 Å². The Labute approximate surface area is 328 Å². The number of nitrogens with one attached hydrogen (secondary N) is 2. The lowest BCUT2D eigenvalue weighted by Crippen LogP contribution is -2.87. The zero-order chi connectivity index (χ0) is 38.7. The van der Waals surface area contributed by atoms with Crippen LogP contribution in [0.4, 0.5) is 0 Å². The Morgan fingerprint density at radius 2 is 1.75 bits per heavy atom. The zero-order valence-electron chi connectivity index (χ0n) is 33.5. The summed E-state index contributed by atoms with van der Waals surface area (Å²) in [4.78, 5) is 26.7. The second-order valence-corrected chi connectivity index (χ2v) is 19.6. The molecule has 55 heavy (non-hydrogen) atoms. The molecule has 5 fully saturated rings. The summed E-state index contributed by atoms with van der Waals surface area (Å²) in [5.41, 5.74) is 1.98. The minimum atomic E-state index is -1.63. The maximum atomic E-state index is 14.5. The molecule has 7 aliphatic rings. The Balaban J connectivity index is 1.24. The van der Waals surface area contributed by atoms with Gasteiger partial charge in [-0.15, -0.1) is 0 Å². The summed E-state index contributed by atoms with van der Waals surface area (Å²) in [6.07, 6.45) is 18.2. The summed E-state index contributed by atoms with van der Waals surface area (Å²) in [5, 5.41) is 40.9. The van der Waals surface area contributed by atoms with Crippen LogP contribution >= 0.6 is 0 Å². The van der Waals surface area contributed by atoms with Crippen LogP contribution in [-0.4, -0.2) is 62.9 Å². The molecule has 1 spiro atoms. The standard InChI is InChI=1S/C46H66N2O7/c1-31(12-10-15-32-13-6-4-7-14-32)20-24-43(52)27-26-41(2)30-44(55-39(51)34-16-8-5-9-17-34)40-42(3,35-18-11-19-36(35)47-48-44)23-22-37(49)46(40,43)45(41,53)25-21-33-28-38(50)54-29-33/h4,6-7,13-14,26-28,31,34-37,40,47-49,52-53H,5,8-12,15-25,29-30H2,1-3H3/t31-,35-,36-,37+,40?,41-,42+,43+,44+,45-,46+/m1/s1. The SMILES string of the molecule is C[C@H](CCCc1ccccc1)CC[C@]1(O)C=C[C@]2(C)C[C@@]3(OC(=O)C4CCCCC4)NN[C@@H]4CCC[C@H]4[C@]4(C)CC[C@H](O)[C@@]1(C34)[C@@]2(O)CCC1=CC(=O)OC1. The highest BCUT2D eigenvalue weighted by Gasteiger charge is 2.85. The molecule has 9 heteroatoms. The van der Waals surface area contributed by atoms with Crippen molar-refractivity contribution in [3.05, 3.63) is 59.7 Å². The van der Waals surface area contributed by atoms with Gasteiger partial charge >= 0.3 is 11.9 Å². The molecule has 8 rings (SSSR count). The highest BCUT2D eigenvalue weighted by atomic mass is 16.6. The summed E-state index contributed by atoms with van der Waals surface area (Å²) in [6.45, 7) is 6.77. The van der Waals surface area contributed by atoms with E-state index in [1.165, 1.54) is 11.6 Å². The molecule has 2 bridgehead atoms. The van der Waals surface area contributed by atoms with E-state index in [1.54, 1.807) is 0 Å². The maximum absolute atomic E-state index is 14.5. The monoisotopic (exact) mass is 758 g/mol. The minimum Gasteiger partial charge on any atom is -0.458 e. The van der Waals surface area contributed by atoms with Gasteiger partial charge in [-0.1, -0.05) is 95.4 Å². The van der Waals surface area contributed by atoms with Crippen molar-refractivity contribution < 1.29 is 34.4 Å². The lowest BCUT2D eigenvalue weighted by Gasteiger charge is -2.77. The molecule has 2 heterocycles. The lowest BCUT2D eigenvalue weighted by atomic mass is 9.30. The molecular weight excluding hydrogens is 693 g/mol. The summed E-state index contributed by atoms with van der Waals surface area (Å²) in [6, 6.07) is 10.7. The number of esters is 2. The number of carbonyl (C=O) groups is 2. The second kappa shape index (κ2) is 14.7. The first kappa shape index (κ1) is 39.3. The first-order valence-electron chi connectivity index (χ1n) is 21.8. The fraction of sp³-hybridized carbons (Fsp3) is 0.739. The number of aliphatic hydroxyl groups excluding tert-OH is 1. The van der Waals surface area contributed by atoms with E-state index in [0.29, 0.717) is 38.0 Å².